The Morgan fingerprint density at radius 2 is 0.849 bits per heavy atom. The molecule has 698 valence electrons. The molecule has 3 aliphatic rings. The molecule has 36 heteroatoms. The first-order valence-corrected chi connectivity index (χ1v) is 43.8. The van der Waals surface area contributed by atoms with Crippen molar-refractivity contribution in [3.8, 4) is 0 Å². The van der Waals surface area contributed by atoms with Crippen LogP contribution in [0.15, 0.2) is 60.8 Å². The first kappa shape index (κ1) is 104. The maximum Gasteiger partial charge on any atom is 0.408 e. The predicted molar refractivity (Wildman–Crippen MR) is 471 cm³/mol. The zero-order chi connectivity index (χ0) is 94.8. The summed E-state index contributed by atoms with van der Waals surface area (Å²) in [5, 5.41) is 36.2. The minimum Gasteiger partial charge on any atom is -0.467 e. The molecular weight excluding hydrogens is 1620 g/mol. The summed E-state index contributed by atoms with van der Waals surface area (Å²) in [6.45, 7) is 36.5. The van der Waals surface area contributed by atoms with Crippen LogP contribution in [0.3, 0.4) is 0 Å². The number of benzene rings is 2. The summed E-state index contributed by atoms with van der Waals surface area (Å²) >= 11 is 0. The lowest BCUT2D eigenvalue weighted by Gasteiger charge is -2.37. The molecule has 36 nitrogen and oxygen atoms in total. The Morgan fingerprint density at radius 3 is 1.34 bits per heavy atom. The molecule has 0 bridgehead atoms. The lowest BCUT2D eigenvalue weighted by atomic mass is 9.94. The van der Waals surface area contributed by atoms with Gasteiger partial charge in [0.15, 0.2) is 0 Å². The van der Waals surface area contributed by atoms with Crippen molar-refractivity contribution >= 4 is 112 Å². The predicted octanol–water partition coefficient (Wildman–Crippen LogP) is 3.69. The number of para-hydroxylation sites is 1. The largest absolute Gasteiger partial charge is 0.467 e. The molecule has 16 amide bonds. The Kier molecular flexibility index (Phi) is 36.0. The van der Waals surface area contributed by atoms with E-state index in [4.69, 9.17) is 9.47 Å². The molecule has 0 unspecified atom stereocenters. The van der Waals surface area contributed by atoms with Crippen molar-refractivity contribution < 1.29 is 91.0 Å². The molecule has 3 saturated heterocycles. The lowest BCUT2D eigenvalue weighted by molar-refractivity contribution is -0.149. The van der Waals surface area contributed by atoms with Gasteiger partial charge in [-0.25, -0.2) is 9.59 Å². The average molecular weight is 1760 g/mol. The topological polar surface area (TPSA) is 491 Å². The van der Waals surface area contributed by atoms with Crippen molar-refractivity contribution in [2.75, 3.05) is 26.7 Å². The van der Waals surface area contributed by atoms with E-state index in [1.165, 1.54) is 105 Å². The summed E-state index contributed by atoms with van der Waals surface area (Å²) < 4.78 is 10.5. The van der Waals surface area contributed by atoms with Crippen LogP contribution >= 0.6 is 0 Å². The van der Waals surface area contributed by atoms with Crippen molar-refractivity contribution in [3.05, 3.63) is 71.9 Å². The quantitative estimate of drug-likeness (QED) is 0.0361. The maximum absolute atomic E-state index is 14.6. The number of carbonyl (C=O) groups excluding carboxylic acids is 17. The molecule has 1 aromatic heterocycles. The normalized spacial score (nSPS) is 18.1. The monoisotopic (exact) mass is 1760 g/mol. The van der Waals surface area contributed by atoms with E-state index in [0.717, 1.165) is 16.5 Å². The highest BCUT2D eigenvalue weighted by molar-refractivity contribution is 6.03. The number of amides is 16. The number of rotatable bonds is 40. The van der Waals surface area contributed by atoms with Gasteiger partial charge in [0.05, 0.1) is 7.11 Å². The second-order valence-electron chi connectivity index (χ2n) is 38.1. The van der Waals surface area contributed by atoms with Crippen LogP contribution in [0.1, 0.15) is 228 Å². The number of esters is 1. The van der Waals surface area contributed by atoms with Crippen LogP contribution in [0.4, 0.5) is 4.79 Å². The third-order valence-electron chi connectivity index (χ3n) is 23.2. The van der Waals surface area contributed by atoms with Crippen molar-refractivity contribution in [1.29, 1.82) is 0 Å². The van der Waals surface area contributed by atoms with E-state index >= 15 is 0 Å². The summed E-state index contributed by atoms with van der Waals surface area (Å²) in [7, 11) is 1.22. The Labute approximate surface area is 739 Å². The van der Waals surface area contributed by atoms with E-state index < -0.39 is 218 Å². The molecule has 0 spiro atoms. The minimum absolute atomic E-state index is 0.0213. The van der Waals surface area contributed by atoms with Crippen molar-refractivity contribution in [2.24, 2.45) is 23.7 Å². The van der Waals surface area contributed by atoms with Gasteiger partial charge in [-0.15, -0.1) is 0 Å². The van der Waals surface area contributed by atoms with Crippen LogP contribution in [-0.2, 0) is 99.0 Å². The Balaban J connectivity index is 1.02. The number of aromatic nitrogens is 1. The molecular formula is C90H139N17O19. The van der Waals surface area contributed by atoms with Crippen molar-refractivity contribution in [1.82, 2.24) is 88.8 Å². The minimum atomic E-state index is -1.77. The van der Waals surface area contributed by atoms with Gasteiger partial charge < -0.3 is 98.3 Å². The van der Waals surface area contributed by atoms with Crippen LogP contribution in [0.25, 0.3) is 10.9 Å². The van der Waals surface area contributed by atoms with Gasteiger partial charge in [0.1, 0.15) is 99.8 Å². The molecule has 6 rings (SSSR count). The lowest BCUT2D eigenvalue weighted by Crippen LogP contribution is -2.66. The highest BCUT2D eigenvalue weighted by atomic mass is 16.6. The number of alkyl carbamates (subject to hydrolysis) is 1. The number of fused-ring (bicyclic) bond motifs is 1. The number of hydrogen-bond acceptors (Lipinski definition) is 19. The molecule has 3 fully saturated rings. The van der Waals surface area contributed by atoms with Crippen LogP contribution in [-0.4, -0.2) is 247 Å². The maximum atomic E-state index is 14.6. The molecule has 13 atom stereocenters. The average Bonchev–Trinajstić information content (AvgIpc) is 1.60. The Hall–Kier alpha value is -11.2. The first-order chi connectivity index (χ1) is 58.5. The van der Waals surface area contributed by atoms with Crippen molar-refractivity contribution in [3.63, 3.8) is 0 Å². The van der Waals surface area contributed by atoms with Gasteiger partial charge in [-0.1, -0.05) is 117 Å². The Bertz CT molecular complexity index is 4460. The number of hydrogen-bond donors (Lipinski definition) is 14. The van der Waals surface area contributed by atoms with Gasteiger partial charge >= 0.3 is 12.1 Å². The molecule has 14 N–H and O–H groups in total. The number of methoxy groups -OCH3 is 1. The number of H-pyrrole nitrogens is 1. The van der Waals surface area contributed by atoms with Gasteiger partial charge in [0, 0.05) is 49.6 Å². The number of ether oxygens (including phenoxy) is 2. The number of aromatic amines is 1. The number of nitrogens with one attached hydrogen (secondary N) is 14. The fourth-order valence-corrected chi connectivity index (χ4v) is 15.4. The van der Waals surface area contributed by atoms with E-state index in [9.17, 15) is 81.5 Å². The number of likely N-dealkylation sites (tertiary alicyclic amines) is 3. The zero-order valence-electron chi connectivity index (χ0n) is 77.9. The van der Waals surface area contributed by atoms with Gasteiger partial charge in [-0.3, -0.25) is 71.9 Å². The van der Waals surface area contributed by atoms with E-state index in [-0.39, 0.29) is 57.7 Å². The standard InChI is InChI=1S/C90H139N17O19/c1-25-51(7)66(98-70(110)60(96-84(124)126-85(11,12)13)47-56-48-91-58-38-31-30-37-57(56)58)75(115)93-54(10)68(108)100-87(16,17)80(120)99-67(52(8)26-2)76(116)97-65(50(5)6)77(117)104-86(14,15)79(119)95-59(45-49(3)4)71(111)102-89(20,21)82(122)105-42-32-39-62(105)72(112)92-53(9)69(109)101-88(18,19)81(121)107-44-34-41-64(107)74(114)103-90(22,23)83(123)106-43-33-40-63(106)73(113)94-61(78(118)125-24)46-55-35-28-27-29-36-55/h27-31,35-38,48-54,59-67,91H,25-26,32-34,39-47H2,1-24H3,(H,92,112)(H,93,115)(H,94,113)(H,95,119)(H,96,124)(H,97,116)(H,98,110)(H,99,120)(H,100,108)(H,101,109)(H,102,111)(H,103,114)(H,104,117)/t51-,52-,53-,54-,59-,60-,61-,62-,63-,64-,65-,66-,67-/m0/s1. The molecule has 2 aromatic carbocycles. The summed E-state index contributed by atoms with van der Waals surface area (Å²) in [5.74, 6) is -13.3. The van der Waals surface area contributed by atoms with Crippen LogP contribution < -0.4 is 69.1 Å². The fraction of sp³-hybridized carbons (Fsp3) is 0.656. The van der Waals surface area contributed by atoms with E-state index in [1.54, 1.807) is 87.6 Å². The second kappa shape index (κ2) is 43.8. The number of nitrogens with zero attached hydrogens (tertiary/aromatic N) is 3. The summed E-state index contributed by atoms with van der Waals surface area (Å²) in [4.78, 5) is 247. The molecule has 126 heavy (non-hydrogen) atoms. The van der Waals surface area contributed by atoms with Gasteiger partial charge in [-0.05, 0) is 190 Å². The molecule has 3 aliphatic heterocycles. The van der Waals surface area contributed by atoms with E-state index in [2.05, 4.69) is 74.1 Å². The summed E-state index contributed by atoms with van der Waals surface area (Å²) in [5.41, 5.74) is -7.04. The highest BCUT2D eigenvalue weighted by Crippen LogP contribution is 2.29. The smallest absolute Gasteiger partial charge is 0.408 e. The molecule has 0 radical (unpaired) electrons. The molecule has 0 aliphatic carbocycles. The number of carbonyl (C=O) groups is 17. The van der Waals surface area contributed by atoms with Crippen LogP contribution in [0, 0.1) is 23.7 Å². The SMILES string of the molecule is CC[C@H](C)[C@H](NC(=O)[C@H](Cc1c[nH]c2ccccc12)NC(=O)OC(C)(C)C)C(=O)N[C@@H](C)C(=O)NC(C)(C)C(=O)N[C@H](C(=O)N[C@H](C(=O)NC(C)(C)C(=O)N[C@@H](CC(C)C)C(=O)NC(C)(C)C(=O)N1CCC[C@H]1C(=O)N[C@@H](C)C(=O)NC(C)(C)C(=O)N1CCC[C@H]1C(=O)NC(C)(C)C(=O)N1CCC[C@H]1C(=O)N[C@@H](Cc1ccccc1)C(=O)OC)C(C)C)[C@@H](C)CC. The van der Waals surface area contributed by atoms with Crippen LogP contribution in [0.2, 0.25) is 0 Å². The third kappa shape index (κ3) is 27.9. The Morgan fingerprint density at radius 1 is 0.421 bits per heavy atom. The third-order valence-corrected chi connectivity index (χ3v) is 23.2. The second-order valence-corrected chi connectivity index (χ2v) is 38.1. The van der Waals surface area contributed by atoms with Crippen molar-refractivity contribution in [2.45, 2.75) is 330 Å². The van der Waals surface area contributed by atoms with Gasteiger partial charge in [0.25, 0.3) is 0 Å². The van der Waals surface area contributed by atoms with E-state index in [1.807, 2.05) is 49.4 Å². The van der Waals surface area contributed by atoms with Gasteiger partial charge in [0.2, 0.25) is 88.6 Å². The fourth-order valence-electron chi connectivity index (χ4n) is 15.4. The van der Waals surface area contributed by atoms with E-state index in [0.29, 0.717) is 44.1 Å². The molecule has 0 saturated carbocycles. The summed E-state index contributed by atoms with van der Waals surface area (Å²) in [6, 6.07) is 3.45. The molecule has 4 heterocycles. The van der Waals surface area contributed by atoms with Gasteiger partial charge in [-0.2, -0.15) is 0 Å². The summed E-state index contributed by atoms with van der Waals surface area (Å²) in [6.07, 6.45) is 3.83. The first-order valence-electron chi connectivity index (χ1n) is 43.8. The van der Waals surface area contributed by atoms with Crippen LogP contribution in [0.5, 0.6) is 0 Å². The molecule has 3 aromatic rings. The zero-order valence-corrected chi connectivity index (χ0v) is 77.9. The highest BCUT2D eigenvalue weighted by Gasteiger charge is 2.50.